The number of hydrogen-bond acceptors (Lipinski definition) is 5. The summed E-state index contributed by atoms with van der Waals surface area (Å²) in [6, 6.07) is 29.3. The van der Waals surface area contributed by atoms with Crippen LogP contribution in [0.25, 0.3) is 11.1 Å². The smallest absolute Gasteiger partial charge is 0.115 e. The van der Waals surface area contributed by atoms with Gasteiger partial charge in [0.05, 0.1) is 29.2 Å². The van der Waals surface area contributed by atoms with Crippen LogP contribution in [-0.2, 0) is 6.42 Å². The second kappa shape index (κ2) is 12.3. The molecule has 1 heterocycles. The van der Waals surface area contributed by atoms with Crippen molar-refractivity contribution < 1.29 is 0 Å². The molecule has 0 amide bonds. The third kappa shape index (κ3) is 6.64. The van der Waals surface area contributed by atoms with E-state index in [9.17, 15) is 10.5 Å². The summed E-state index contributed by atoms with van der Waals surface area (Å²) in [4.78, 5) is 8.33. The largest absolute Gasteiger partial charge is 0.305 e. The summed E-state index contributed by atoms with van der Waals surface area (Å²) in [5, 5.41) is 23.5. The minimum absolute atomic E-state index is 0.00422. The molecule has 0 aliphatic heterocycles. The van der Waals surface area contributed by atoms with E-state index in [2.05, 4.69) is 99.4 Å². The molecule has 0 aliphatic rings. The highest BCUT2D eigenvalue weighted by Crippen LogP contribution is 2.37. The zero-order valence-electron chi connectivity index (χ0n) is 21.8. The van der Waals surface area contributed by atoms with Crippen molar-refractivity contribution >= 4 is 22.6 Å². The summed E-state index contributed by atoms with van der Waals surface area (Å²) >= 11 is 2.32. The average Bonchev–Trinajstić information content (AvgIpc) is 2.96. The van der Waals surface area contributed by atoms with E-state index in [0.717, 1.165) is 28.7 Å². The number of hydrogen-bond donors (Lipinski definition) is 1. The first-order chi connectivity index (χ1) is 18.3. The molecule has 0 bridgehead atoms. The van der Waals surface area contributed by atoms with E-state index in [1.54, 1.807) is 12.4 Å². The third-order valence-electron chi connectivity index (χ3n) is 6.97. The number of benzene rings is 3. The van der Waals surface area contributed by atoms with Crippen molar-refractivity contribution in [1.82, 2.24) is 15.3 Å². The van der Waals surface area contributed by atoms with Gasteiger partial charge in [0.2, 0.25) is 0 Å². The molecule has 1 N–H and O–H groups in total. The molecule has 4 aromatic rings. The van der Waals surface area contributed by atoms with Crippen molar-refractivity contribution in [2.24, 2.45) is 5.41 Å². The summed E-state index contributed by atoms with van der Waals surface area (Å²) < 4.78 is 1.19. The van der Waals surface area contributed by atoms with Crippen molar-refractivity contribution in [3.8, 4) is 23.3 Å². The highest BCUT2D eigenvalue weighted by atomic mass is 127. The molecule has 4 rings (SSSR count). The van der Waals surface area contributed by atoms with Crippen LogP contribution in [0.5, 0.6) is 0 Å². The van der Waals surface area contributed by atoms with Gasteiger partial charge >= 0.3 is 0 Å². The van der Waals surface area contributed by atoms with Crippen LogP contribution in [0.4, 0.5) is 0 Å². The van der Waals surface area contributed by atoms with Gasteiger partial charge in [-0.25, -0.2) is 9.97 Å². The Morgan fingerprint density at radius 3 is 2.26 bits per heavy atom. The van der Waals surface area contributed by atoms with E-state index in [4.69, 9.17) is 0 Å². The van der Waals surface area contributed by atoms with E-state index < -0.39 is 5.41 Å². The first-order valence-electron chi connectivity index (χ1n) is 12.6. The van der Waals surface area contributed by atoms with Crippen LogP contribution in [0, 0.1) is 31.6 Å². The lowest BCUT2D eigenvalue weighted by molar-refractivity contribution is 0.281. The van der Waals surface area contributed by atoms with Crippen molar-refractivity contribution in [3.05, 3.63) is 117 Å². The van der Waals surface area contributed by atoms with Gasteiger partial charge in [0.1, 0.15) is 6.33 Å². The SMILES string of the molecule is C[C@H](NC(c1cccc(-c2cncnc2)c1)C(C)(C)C#N)[C@@H](Cc1ccc(I)cc1)c1cccc(C#N)c1. The molecule has 0 radical (unpaired) electrons. The first-order valence-corrected chi connectivity index (χ1v) is 13.7. The van der Waals surface area contributed by atoms with Crippen molar-refractivity contribution in [2.45, 2.75) is 45.2 Å². The van der Waals surface area contributed by atoms with Crippen LogP contribution in [0.1, 0.15) is 55.0 Å². The van der Waals surface area contributed by atoms with Crippen molar-refractivity contribution in [3.63, 3.8) is 0 Å². The number of rotatable bonds is 9. The van der Waals surface area contributed by atoms with Crippen LogP contribution in [0.15, 0.2) is 91.5 Å². The quantitative estimate of drug-likeness (QED) is 0.202. The minimum atomic E-state index is -0.679. The molecule has 0 saturated heterocycles. The third-order valence-corrected chi connectivity index (χ3v) is 7.69. The average molecular weight is 612 g/mol. The number of halogens is 1. The van der Waals surface area contributed by atoms with Gasteiger partial charge in [-0.1, -0.05) is 42.5 Å². The molecule has 1 aromatic heterocycles. The highest BCUT2D eigenvalue weighted by molar-refractivity contribution is 14.1. The van der Waals surface area contributed by atoms with Crippen LogP contribution in [0.3, 0.4) is 0 Å². The highest BCUT2D eigenvalue weighted by Gasteiger charge is 2.34. The Morgan fingerprint density at radius 2 is 1.58 bits per heavy atom. The predicted octanol–water partition coefficient (Wildman–Crippen LogP) is 7.22. The number of nitrogens with zero attached hydrogens (tertiary/aromatic N) is 4. The summed E-state index contributed by atoms with van der Waals surface area (Å²) in [5.74, 6) is 0.0889. The molecule has 0 spiro atoms. The van der Waals surface area contributed by atoms with Gasteiger partial charge in [0.25, 0.3) is 0 Å². The summed E-state index contributed by atoms with van der Waals surface area (Å²) in [6.45, 7) is 6.12. The topological polar surface area (TPSA) is 85.4 Å². The van der Waals surface area contributed by atoms with E-state index in [-0.39, 0.29) is 18.0 Å². The van der Waals surface area contributed by atoms with Crippen molar-refractivity contribution in [2.75, 3.05) is 0 Å². The maximum Gasteiger partial charge on any atom is 0.115 e. The normalized spacial score (nSPS) is 13.6. The number of aromatic nitrogens is 2. The molecule has 38 heavy (non-hydrogen) atoms. The Bertz CT molecular complexity index is 1450. The van der Waals surface area contributed by atoms with Gasteiger partial charge in [-0.15, -0.1) is 0 Å². The van der Waals surface area contributed by atoms with Crippen LogP contribution in [-0.4, -0.2) is 16.0 Å². The summed E-state index contributed by atoms with van der Waals surface area (Å²) in [5.41, 5.74) is 5.27. The van der Waals surface area contributed by atoms with Gasteiger partial charge in [-0.3, -0.25) is 0 Å². The standard InChI is InChI=1S/C32H30IN5/c1-22(30(15-23-10-12-29(33)13-11-23)26-8-4-6-24(14-26)17-34)38-31(32(2,3)20-35)27-9-5-7-25(16-27)28-18-36-21-37-19-28/h4-14,16,18-19,21-22,30-31,38H,15H2,1-3H3/t22-,30+,31?/m0/s1. The second-order valence-electron chi connectivity index (χ2n) is 10.1. The Hall–Kier alpha value is -3.59. The molecule has 3 aromatic carbocycles. The van der Waals surface area contributed by atoms with E-state index >= 15 is 0 Å². The van der Waals surface area contributed by atoms with E-state index in [1.807, 2.05) is 44.2 Å². The predicted molar refractivity (Wildman–Crippen MR) is 159 cm³/mol. The van der Waals surface area contributed by atoms with Crippen molar-refractivity contribution in [1.29, 1.82) is 10.5 Å². The Balaban J connectivity index is 1.71. The van der Waals surface area contributed by atoms with Gasteiger partial charge < -0.3 is 5.32 Å². The monoisotopic (exact) mass is 611 g/mol. The Morgan fingerprint density at radius 1 is 0.895 bits per heavy atom. The lowest BCUT2D eigenvalue weighted by Gasteiger charge is -2.36. The van der Waals surface area contributed by atoms with Gasteiger partial charge in [0.15, 0.2) is 0 Å². The fourth-order valence-corrected chi connectivity index (χ4v) is 5.17. The number of nitriles is 2. The zero-order chi connectivity index (χ0) is 27.1. The Kier molecular flexibility index (Phi) is 8.89. The van der Waals surface area contributed by atoms with Gasteiger partial charge in [-0.2, -0.15) is 10.5 Å². The maximum atomic E-state index is 10.2. The molecular formula is C32H30IN5. The molecule has 6 heteroatoms. The molecule has 1 unspecified atom stereocenters. The zero-order valence-corrected chi connectivity index (χ0v) is 23.9. The molecule has 190 valence electrons. The lowest BCUT2D eigenvalue weighted by atomic mass is 9.79. The summed E-state index contributed by atoms with van der Waals surface area (Å²) in [6.07, 6.45) is 5.92. The molecule has 0 fully saturated rings. The fraction of sp³-hybridized carbons (Fsp3) is 0.250. The molecule has 5 nitrogen and oxygen atoms in total. The molecular weight excluding hydrogens is 581 g/mol. The number of nitrogens with one attached hydrogen (secondary N) is 1. The van der Waals surface area contributed by atoms with Gasteiger partial charge in [0, 0.05) is 33.5 Å². The van der Waals surface area contributed by atoms with Gasteiger partial charge in [-0.05, 0) is 102 Å². The fourth-order valence-electron chi connectivity index (χ4n) is 4.81. The molecule has 0 saturated carbocycles. The minimum Gasteiger partial charge on any atom is -0.305 e. The van der Waals surface area contributed by atoms with Crippen LogP contribution in [0.2, 0.25) is 0 Å². The Labute approximate surface area is 238 Å². The van der Waals surface area contributed by atoms with Crippen LogP contribution >= 0.6 is 22.6 Å². The molecule has 0 aliphatic carbocycles. The maximum absolute atomic E-state index is 10.2. The van der Waals surface area contributed by atoms with E-state index in [0.29, 0.717) is 5.56 Å². The lowest BCUT2D eigenvalue weighted by Crippen LogP contribution is -2.42. The summed E-state index contributed by atoms with van der Waals surface area (Å²) in [7, 11) is 0. The van der Waals surface area contributed by atoms with Crippen LogP contribution < -0.4 is 5.32 Å². The first kappa shape index (κ1) is 27.4. The molecule has 3 atom stereocenters. The second-order valence-corrected chi connectivity index (χ2v) is 11.4. The van der Waals surface area contributed by atoms with E-state index in [1.165, 1.54) is 15.5 Å².